The molecule has 0 unspecified atom stereocenters. The van der Waals surface area contributed by atoms with Crippen LogP contribution in [0.2, 0.25) is 0 Å². The highest BCUT2D eigenvalue weighted by molar-refractivity contribution is 5.73. The summed E-state index contributed by atoms with van der Waals surface area (Å²) in [6.45, 7) is 7.17. The van der Waals surface area contributed by atoms with E-state index in [0.29, 0.717) is 25.6 Å². The van der Waals surface area contributed by atoms with Gasteiger partial charge in [0, 0.05) is 31.1 Å². The van der Waals surface area contributed by atoms with Gasteiger partial charge in [-0.05, 0) is 26.3 Å². The zero-order chi connectivity index (χ0) is 17.0. The summed E-state index contributed by atoms with van der Waals surface area (Å²) >= 11 is 0. The van der Waals surface area contributed by atoms with Crippen LogP contribution in [-0.2, 0) is 11.2 Å². The molecule has 6 nitrogen and oxygen atoms in total. The number of carbonyl (C=O) groups is 1. The summed E-state index contributed by atoms with van der Waals surface area (Å²) in [4.78, 5) is 11.7. The number of carbonyl (C=O) groups excluding carboxylic acids is 1. The first kappa shape index (κ1) is 16.9. The fourth-order valence-electron chi connectivity index (χ4n) is 3.07. The van der Waals surface area contributed by atoms with Crippen LogP contribution in [0.1, 0.15) is 25.8 Å². The lowest BCUT2D eigenvalue weighted by Gasteiger charge is -2.18. The molecular weight excluding hydrogens is 308 g/mol. The molecule has 0 saturated carbocycles. The van der Waals surface area contributed by atoms with Gasteiger partial charge in [0.05, 0.1) is 13.2 Å². The topological polar surface area (TPSA) is 68.8 Å². The Hall–Kier alpha value is -1.95. The molecule has 2 amide bonds. The summed E-state index contributed by atoms with van der Waals surface area (Å²) in [7, 11) is 0. The number of hydrogen-bond donors (Lipinski definition) is 2. The third-order valence-corrected chi connectivity index (χ3v) is 4.28. The maximum absolute atomic E-state index is 11.7. The van der Waals surface area contributed by atoms with Gasteiger partial charge in [0.15, 0.2) is 11.5 Å². The van der Waals surface area contributed by atoms with Crippen molar-refractivity contribution >= 4 is 6.03 Å². The van der Waals surface area contributed by atoms with Crippen LogP contribution in [0.3, 0.4) is 0 Å². The summed E-state index contributed by atoms with van der Waals surface area (Å²) in [6.07, 6.45) is 1.89. The lowest BCUT2D eigenvalue weighted by Crippen LogP contribution is -2.40. The fraction of sp³-hybridized carbons (Fsp3) is 0.611. The first-order valence-electron chi connectivity index (χ1n) is 8.57. The number of hydrogen-bond acceptors (Lipinski definition) is 4. The van der Waals surface area contributed by atoms with Crippen LogP contribution in [0.15, 0.2) is 18.2 Å². The van der Waals surface area contributed by atoms with Gasteiger partial charge in [0.1, 0.15) is 12.2 Å². The second-order valence-electron chi connectivity index (χ2n) is 7.00. The number of amides is 2. The van der Waals surface area contributed by atoms with E-state index in [2.05, 4.69) is 30.5 Å². The fourth-order valence-corrected chi connectivity index (χ4v) is 3.07. The van der Waals surface area contributed by atoms with Crippen LogP contribution < -0.4 is 20.1 Å². The van der Waals surface area contributed by atoms with Crippen molar-refractivity contribution in [3.63, 3.8) is 0 Å². The van der Waals surface area contributed by atoms with E-state index in [4.69, 9.17) is 14.2 Å². The molecule has 6 heteroatoms. The van der Waals surface area contributed by atoms with Crippen molar-refractivity contribution in [2.24, 2.45) is 5.92 Å². The molecule has 0 bridgehead atoms. The molecule has 0 aromatic heterocycles. The predicted molar refractivity (Wildman–Crippen MR) is 90.7 cm³/mol. The summed E-state index contributed by atoms with van der Waals surface area (Å²) in [5.41, 5.74) is 0.978. The Kier molecular flexibility index (Phi) is 5.14. The number of urea groups is 1. The second kappa shape index (κ2) is 7.30. The zero-order valence-electron chi connectivity index (χ0n) is 14.4. The van der Waals surface area contributed by atoms with Gasteiger partial charge in [-0.25, -0.2) is 4.79 Å². The monoisotopic (exact) mass is 334 g/mol. The molecule has 2 aliphatic rings. The van der Waals surface area contributed by atoms with Gasteiger partial charge in [-0.1, -0.05) is 12.1 Å². The van der Waals surface area contributed by atoms with Crippen molar-refractivity contribution in [3.8, 4) is 11.5 Å². The predicted octanol–water partition coefficient (Wildman–Crippen LogP) is 2.11. The minimum atomic E-state index is -0.191. The normalized spacial score (nSPS) is 21.0. The van der Waals surface area contributed by atoms with Gasteiger partial charge in [-0.2, -0.15) is 0 Å². The number of benzene rings is 1. The van der Waals surface area contributed by atoms with E-state index >= 15 is 0 Å². The Morgan fingerprint density at radius 3 is 3.04 bits per heavy atom. The molecule has 132 valence electrons. The van der Waals surface area contributed by atoms with Crippen molar-refractivity contribution < 1.29 is 19.0 Å². The molecule has 2 heterocycles. The van der Waals surface area contributed by atoms with Crippen molar-refractivity contribution in [1.82, 2.24) is 10.6 Å². The van der Waals surface area contributed by atoms with Crippen molar-refractivity contribution in [1.29, 1.82) is 0 Å². The summed E-state index contributed by atoms with van der Waals surface area (Å²) in [5, 5.41) is 5.67. The molecule has 1 aromatic rings. The Labute approximate surface area is 142 Å². The third kappa shape index (κ3) is 4.32. The molecule has 2 aliphatic heterocycles. The highest BCUT2D eigenvalue weighted by atomic mass is 16.5. The van der Waals surface area contributed by atoms with Crippen LogP contribution in [0, 0.1) is 5.92 Å². The average Bonchev–Trinajstić information content (AvgIpc) is 3.15. The van der Waals surface area contributed by atoms with Crippen LogP contribution in [0.5, 0.6) is 11.5 Å². The van der Waals surface area contributed by atoms with Crippen molar-refractivity contribution in [3.05, 3.63) is 23.8 Å². The highest BCUT2D eigenvalue weighted by Crippen LogP contribution is 2.41. The Morgan fingerprint density at radius 1 is 1.38 bits per heavy atom. The largest absolute Gasteiger partial charge is 0.488 e. The third-order valence-electron chi connectivity index (χ3n) is 4.28. The number of fused-ring (bicyclic) bond motifs is 1. The van der Waals surface area contributed by atoms with Crippen LogP contribution in [0.4, 0.5) is 4.79 Å². The summed E-state index contributed by atoms with van der Waals surface area (Å²) in [6, 6.07) is 5.78. The van der Waals surface area contributed by atoms with Gasteiger partial charge in [-0.15, -0.1) is 0 Å². The smallest absolute Gasteiger partial charge is 0.314 e. The van der Waals surface area contributed by atoms with E-state index in [9.17, 15) is 4.79 Å². The van der Waals surface area contributed by atoms with Gasteiger partial charge in [-0.3, -0.25) is 0 Å². The number of para-hydroxylation sites is 1. The molecule has 24 heavy (non-hydrogen) atoms. The van der Waals surface area contributed by atoms with Crippen molar-refractivity contribution in [2.75, 3.05) is 32.9 Å². The standard InChI is InChI=1S/C18H26N2O4/c1-18(2)10-14-4-3-5-15(16(14)24-18)23-9-7-19-17(21)20-11-13-6-8-22-12-13/h3-5,13H,6-12H2,1-2H3,(H2,19,20,21)/t13-/m1/s1. The molecular formula is C18H26N2O4. The lowest BCUT2D eigenvalue weighted by molar-refractivity contribution is 0.132. The van der Waals surface area contributed by atoms with Gasteiger partial charge in [0.2, 0.25) is 0 Å². The molecule has 3 rings (SSSR count). The molecule has 1 atom stereocenters. The highest BCUT2D eigenvalue weighted by Gasteiger charge is 2.32. The van der Waals surface area contributed by atoms with Crippen LogP contribution in [-0.4, -0.2) is 44.5 Å². The quantitative estimate of drug-likeness (QED) is 0.782. The van der Waals surface area contributed by atoms with E-state index in [1.165, 1.54) is 5.56 Å². The molecule has 0 spiro atoms. The SMILES string of the molecule is CC1(C)Cc2cccc(OCCNC(=O)NC[C@H]3CCOC3)c2O1. The van der Waals surface area contributed by atoms with Crippen molar-refractivity contribution in [2.45, 2.75) is 32.3 Å². The zero-order valence-corrected chi connectivity index (χ0v) is 14.4. The van der Waals surface area contributed by atoms with Gasteiger partial charge >= 0.3 is 6.03 Å². The minimum Gasteiger partial charge on any atom is -0.488 e. The molecule has 1 aromatic carbocycles. The Balaban J connectivity index is 1.38. The first-order valence-corrected chi connectivity index (χ1v) is 8.57. The maximum atomic E-state index is 11.7. The number of rotatable bonds is 6. The van der Waals surface area contributed by atoms with Crippen LogP contribution in [0.25, 0.3) is 0 Å². The van der Waals surface area contributed by atoms with Gasteiger partial charge in [0.25, 0.3) is 0 Å². The van der Waals surface area contributed by atoms with Gasteiger partial charge < -0.3 is 24.8 Å². The Bertz CT molecular complexity index is 582. The molecule has 2 N–H and O–H groups in total. The lowest BCUT2D eigenvalue weighted by atomic mass is 10.0. The number of nitrogens with one attached hydrogen (secondary N) is 2. The van der Waals surface area contributed by atoms with E-state index in [1.807, 2.05) is 12.1 Å². The molecule has 1 fully saturated rings. The van der Waals surface area contributed by atoms with Crippen LogP contribution >= 0.6 is 0 Å². The average molecular weight is 334 g/mol. The van der Waals surface area contributed by atoms with E-state index in [1.54, 1.807) is 0 Å². The summed E-state index contributed by atoms with van der Waals surface area (Å²) in [5.74, 6) is 2.00. The van der Waals surface area contributed by atoms with E-state index < -0.39 is 0 Å². The molecule has 1 saturated heterocycles. The minimum absolute atomic E-state index is 0.166. The molecule has 0 aliphatic carbocycles. The molecule has 0 radical (unpaired) electrons. The van der Waals surface area contributed by atoms with E-state index in [-0.39, 0.29) is 11.6 Å². The first-order chi connectivity index (χ1) is 11.5. The number of ether oxygens (including phenoxy) is 3. The maximum Gasteiger partial charge on any atom is 0.314 e. The Morgan fingerprint density at radius 2 is 2.25 bits per heavy atom. The second-order valence-corrected chi connectivity index (χ2v) is 7.00. The summed E-state index contributed by atoms with van der Waals surface area (Å²) < 4.78 is 17.0. The van der Waals surface area contributed by atoms with E-state index in [0.717, 1.165) is 37.6 Å².